The predicted octanol–water partition coefficient (Wildman–Crippen LogP) is 1.45. The summed E-state index contributed by atoms with van der Waals surface area (Å²) in [4.78, 5) is 26.8. The van der Waals surface area contributed by atoms with Crippen molar-refractivity contribution < 1.29 is 9.53 Å². The molecule has 88 valence electrons. The number of H-pyrrole nitrogens is 2. The molecule has 1 heterocycles. The average molecular weight is 224 g/mol. The van der Waals surface area contributed by atoms with E-state index in [1.54, 1.807) is 0 Å². The summed E-state index contributed by atoms with van der Waals surface area (Å²) in [7, 11) is 0. The zero-order valence-corrected chi connectivity index (χ0v) is 9.29. The molecule has 0 aliphatic rings. The lowest BCUT2D eigenvalue weighted by molar-refractivity contribution is -0.137. The highest BCUT2D eigenvalue weighted by atomic mass is 16.5. The third kappa shape index (κ3) is 4.63. The van der Waals surface area contributed by atoms with Crippen LogP contribution in [0.1, 0.15) is 31.9 Å². The molecule has 0 saturated heterocycles. The van der Waals surface area contributed by atoms with E-state index in [-0.39, 0.29) is 5.69 Å². The van der Waals surface area contributed by atoms with Gasteiger partial charge in [-0.1, -0.05) is 19.8 Å². The zero-order chi connectivity index (χ0) is 11.8. The molecule has 0 bridgehead atoms. The molecular weight excluding hydrogens is 208 g/mol. The quantitative estimate of drug-likeness (QED) is 0.436. The molecule has 0 aliphatic heterocycles. The first-order chi connectivity index (χ1) is 7.72. The summed E-state index contributed by atoms with van der Waals surface area (Å²) in [6.07, 6.45) is 7.32. The number of unbranched alkanes of at least 4 members (excludes halogenated alkanes) is 2. The minimum Gasteiger partial charge on any atom is -0.463 e. The lowest BCUT2D eigenvalue weighted by atomic mass is 10.3. The van der Waals surface area contributed by atoms with Gasteiger partial charge in [0.1, 0.15) is 0 Å². The molecule has 1 rings (SSSR count). The number of hydrogen-bond acceptors (Lipinski definition) is 3. The van der Waals surface area contributed by atoms with Gasteiger partial charge in [-0.2, -0.15) is 0 Å². The van der Waals surface area contributed by atoms with E-state index in [9.17, 15) is 9.59 Å². The van der Waals surface area contributed by atoms with Crippen molar-refractivity contribution in [3.05, 3.63) is 28.5 Å². The van der Waals surface area contributed by atoms with Crippen LogP contribution in [0.15, 0.2) is 17.1 Å². The van der Waals surface area contributed by atoms with Gasteiger partial charge in [0, 0.05) is 12.3 Å². The van der Waals surface area contributed by atoms with Crippen LogP contribution in [-0.4, -0.2) is 22.5 Å². The Kier molecular flexibility index (Phi) is 5.11. The van der Waals surface area contributed by atoms with Crippen molar-refractivity contribution in [2.75, 3.05) is 6.61 Å². The van der Waals surface area contributed by atoms with Gasteiger partial charge in [0.15, 0.2) is 0 Å². The highest BCUT2D eigenvalue weighted by Crippen LogP contribution is 1.96. The van der Waals surface area contributed by atoms with Gasteiger partial charge in [0.25, 0.3) is 0 Å². The Morgan fingerprint density at radius 1 is 1.50 bits per heavy atom. The number of imidazole rings is 1. The Morgan fingerprint density at radius 2 is 2.31 bits per heavy atom. The number of rotatable bonds is 6. The molecular formula is C11H16N2O3. The highest BCUT2D eigenvalue weighted by molar-refractivity contribution is 5.86. The third-order valence-corrected chi connectivity index (χ3v) is 2.01. The summed E-state index contributed by atoms with van der Waals surface area (Å²) in [6.45, 7) is 2.53. The number of ether oxygens (including phenoxy) is 1. The molecule has 0 radical (unpaired) electrons. The molecule has 0 saturated carbocycles. The van der Waals surface area contributed by atoms with E-state index in [4.69, 9.17) is 4.74 Å². The smallest absolute Gasteiger partial charge is 0.330 e. The Balaban J connectivity index is 2.28. The Labute approximate surface area is 93.5 Å². The molecule has 0 fully saturated rings. The molecule has 5 heteroatoms. The SMILES string of the molecule is CCCCCOC(=O)/C=C\c1c[nH]c(=O)[nH]1. The first-order valence-electron chi connectivity index (χ1n) is 5.35. The monoisotopic (exact) mass is 224 g/mol. The van der Waals surface area contributed by atoms with Crippen molar-refractivity contribution in [3.8, 4) is 0 Å². The molecule has 5 nitrogen and oxygen atoms in total. The first kappa shape index (κ1) is 12.3. The topological polar surface area (TPSA) is 75.0 Å². The van der Waals surface area contributed by atoms with E-state index >= 15 is 0 Å². The van der Waals surface area contributed by atoms with E-state index < -0.39 is 5.97 Å². The molecule has 1 aromatic rings. The standard InChI is InChI=1S/C11H16N2O3/c1-2-3-4-7-16-10(14)6-5-9-8-12-11(15)13-9/h5-6,8H,2-4,7H2,1H3,(H2,12,13,15)/b6-5-. The van der Waals surface area contributed by atoms with E-state index in [1.165, 1.54) is 18.3 Å². The summed E-state index contributed by atoms with van der Waals surface area (Å²) in [6, 6.07) is 0. The third-order valence-electron chi connectivity index (χ3n) is 2.01. The molecule has 2 N–H and O–H groups in total. The van der Waals surface area contributed by atoms with Crippen molar-refractivity contribution >= 4 is 12.0 Å². The number of hydrogen-bond donors (Lipinski definition) is 2. The number of esters is 1. The summed E-state index contributed by atoms with van der Waals surface area (Å²) in [5.41, 5.74) is 0.256. The van der Waals surface area contributed by atoms with Gasteiger partial charge in [-0.3, -0.25) is 0 Å². The first-order valence-corrected chi connectivity index (χ1v) is 5.35. The van der Waals surface area contributed by atoms with Gasteiger partial charge in [-0.05, 0) is 12.5 Å². The van der Waals surface area contributed by atoms with E-state index in [2.05, 4.69) is 16.9 Å². The van der Waals surface area contributed by atoms with Crippen LogP contribution in [0.3, 0.4) is 0 Å². The fraction of sp³-hybridized carbons (Fsp3) is 0.455. The second-order valence-electron chi connectivity index (χ2n) is 3.41. The number of nitrogens with one attached hydrogen (secondary N) is 2. The van der Waals surface area contributed by atoms with E-state index in [1.807, 2.05) is 0 Å². The fourth-order valence-corrected chi connectivity index (χ4v) is 1.17. The Morgan fingerprint density at radius 3 is 2.94 bits per heavy atom. The molecule has 0 aliphatic carbocycles. The second-order valence-corrected chi connectivity index (χ2v) is 3.41. The average Bonchev–Trinajstić information content (AvgIpc) is 2.68. The second kappa shape index (κ2) is 6.66. The molecule has 0 amide bonds. The van der Waals surface area contributed by atoms with Gasteiger partial charge in [0.05, 0.1) is 12.3 Å². The maximum atomic E-state index is 11.2. The molecule has 0 atom stereocenters. The fourth-order valence-electron chi connectivity index (χ4n) is 1.17. The van der Waals surface area contributed by atoms with Crippen molar-refractivity contribution in [1.82, 2.24) is 9.97 Å². The summed E-state index contributed by atoms with van der Waals surface area (Å²) >= 11 is 0. The van der Waals surface area contributed by atoms with Crippen LogP contribution in [0.5, 0.6) is 0 Å². The normalized spacial score (nSPS) is 10.8. The highest BCUT2D eigenvalue weighted by Gasteiger charge is 1.97. The summed E-state index contributed by atoms with van der Waals surface area (Å²) in [5.74, 6) is -0.391. The van der Waals surface area contributed by atoms with Crippen LogP contribution in [0.4, 0.5) is 0 Å². The van der Waals surface area contributed by atoms with Crippen LogP contribution >= 0.6 is 0 Å². The van der Waals surface area contributed by atoms with Gasteiger partial charge >= 0.3 is 11.7 Å². The lowest BCUT2D eigenvalue weighted by Gasteiger charge is -1.99. The van der Waals surface area contributed by atoms with Crippen molar-refractivity contribution in [1.29, 1.82) is 0 Å². The maximum Gasteiger partial charge on any atom is 0.330 e. The number of aromatic amines is 2. The van der Waals surface area contributed by atoms with Crippen LogP contribution in [0.2, 0.25) is 0 Å². The Hall–Kier alpha value is -1.78. The van der Waals surface area contributed by atoms with Crippen LogP contribution in [0, 0.1) is 0 Å². The molecule has 0 unspecified atom stereocenters. The largest absolute Gasteiger partial charge is 0.463 e. The maximum absolute atomic E-state index is 11.2. The van der Waals surface area contributed by atoms with E-state index in [0.717, 1.165) is 19.3 Å². The van der Waals surface area contributed by atoms with Crippen LogP contribution in [0.25, 0.3) is 6.08 Å². The number of aromatic nitrogens is 2. The van der Waals surface area contributed by atoms with Crippen molar-refractivity contribution in [3.63, 3.8) is 0 Å². The molecule has 16 heavy (non-hydrogen) atoms. The number of carbonyl (C=O) groups is 1. The van der Waals surface area contributed by atoms with Crippen molar-refractivity contribution in [2.24, 2.45) is 0 Å². The molecule has 0 spiro atoms. The minimum absolute atomic E-state index is 0.295. The predicted molar refractivity (Wildman–Crippen MR) is 60.9 cm³/mol. The summed E-state index contributed by atoms with van der Waals surface area (Å²) < 4.78 is 4.94. The van der Waals surface area contributed by atoms with Gasteiger partial charge in [0.2, 0.25) is 0 Å². The van der Waals surface area contributed by atoms with E-state index in [0.29, 0.717) is 12.3 Å². The molecule has 0 aromatic carbocycles. The van der Waals surface area contributed by atoms with Gasteiger partial charge in [-0.25, -0.2) is 9.59 Å². The zero-order valence-electron chi connectivity index (χ0n) is 9.29. The number of carbonyl (C=O) groups excluding carboxylic acids is 1. The summed E-state index contributed by atoms with van der Waals surface area (Å²) in [5, 5.41) is 0. The minimum atomic E-state index is -0.391. The van der Waals surface area contributed by atoms with Gasteiger partial charge in [-0.15, -0.1) is 0 Å². The van der Waals surface area contributed by atoms with Crippen LogP contribution in [-0.2, 0) is 9.53 Å². The van der Waals surface area contributed by atoms with Gasteiger partial charge < -0.3 is 14.7 Å². The lowest BCUT2D eigenvalue weighted by Crippen LogP contribution is -2.02. The van der Waals surface area contributed by atoms with Crippen molar-refractivity contribution in [2.45, 2.75) is 26.2 Å². The molecule has 1 aromatic heterocycles. The van der Waals surface area contributed by atoms with Crippen LogP contribution < -0.4 is 5.69 Å². The Bertz CT molecular complexity index is 403.